The third-order valence-electron chi connectivity index (χ3n) is 5.77. The normalized spacial score (nSPS) is 22.6. The van der Waals surface area contributed by atoms with Gasteiger partial charge in [0.2, 0.25) is 11.8 Å². The van der Waals surface area contributed by atoms with E-state index >= 15 is 0 Å². The number of imide groups is 1. The van der Waals surface area contributed by atoms with Crippen molar-refractivity contribution < 1.29 is 9.59 Å². The lowest BCUT2D eigenvalue weighted by molar-refractivity contribution is -0.124. The fourth-order valence-corrected chi connectivity index (χ4v) is 4.87. The van der Waals surface area contributed by atoms with Gasteiger partial charge in [0.25, 0.3) is 0 Å². The number of hydrogen-bond donors (Lipinski definition) is 0. The third kappa shape index (κ3) is 2.20. The Hall–Kier alpha value is -2.72. The second kappa shape index (κ2) is 5.89. The molecule has 27 heavy (non-hydrogen) atoms. The minimum Gasteiger partial charge on any atom is -0.274 e. The van der Waals surface area contributed by atoms with Gasteiger partial charge in [-0.25, -0.2) is 4.90 Å². The fraction of sp³-hybridized carbons (Fsp3) is 0.130. The first kappa shape index (κ1) is 16.5. The molecule has 2 atom stereocenters. The van der Waals surface area contributed by atoms with E-state index in [1.165, 1.54) is 4.90 Å². The first-order chi connectivity index (χ1) is 13.2. The third-order valence-corrected chi connectivity index (χ3v) is 6.29. The summed E-state index contributed by atoms with van der Waals surface area (Å²) in [5, 5.41) is 0. The molecule has 0 spiro atoms. The lowest BCUT2D eigenvalue weighted by Gasteiger charge is -2.26. The molecule has 1 aliphatic carbocycles. The number of halogens is 1. The van der Waals surface area contributed by atoms with Gasteiger partial charge >= 0.3 is 0 Å². The average molecular weight is 418 g/mol. The Morgan fingerprint density at radius 3 is 1.56 bits per heavy atom. The van der Waals surface area contributed by atoms with E-state index in [9.17, 15) is 9.59 Å². The molecule has 3 nitrogen and oxygen atoms in total. The molecule has 5 rings (SSSR count). The van der Waals surface area contributed by atoms with Gasteiger partial charge in [0.05, 0.1) is 17.5 Å². The van der Waals surface area contributed by atoms with Crippen molar-refractivity contribution in [3.05, 3.63) is 101 Å². The summed E-state index contributed by atoms with van der Waals surface area (Å²) in [4.78, 5) is 27.9. The Labute approximate surface area is 165 Å². The van der Waals surface area contributed by atoms with Crippen LogP contribution in [0, 0.1) is 11.8 Å². The van der Waals surface area contributed by atoms with Gasteiger partial charge in [0.15, 0.2) is 0 Å². The molecule has 2 aliphatic rings. The van der Waals surface area contributed by atoms with Crippen molar-refractivity contribution in [2.75, 3.05) is 4.90 Å². The van der Waals surface area contributed by atoms with Crippen LogP contribution in [0.25, 0.3) is 0 Å². The Morgan fingerprint density at radius 2 is 1.11 bits per heavy atom. The fourth-order valence-electron chi connectivity index (χ4n) is 4.61. The number of rotatable bonds is 3. The zero-order chi connectivity index (χ0) is 18.6. The highest BCUT2D eigenvalue weighted by atomic mass is 79.9. The second-order valence-corrected chi connectivity index (χ2v) is 7.96. The van der Waals surface area contributed by atoms with Crippen molar-refractivity contribution in [1.82, 2.24) is 0 Å². The number of carbonyl (C=O) groups is 2. The van der Waals surface area contributed by atoms with Crippen molar-refractivity contribution in [2.45, 2.75) is 5.41 Å². The van der Waals surface area contributed by atoms with Crippen molar-refractivity contribution in [1.29, 1.82) is 0 Å². The van der Waals surface area contributed by atoms with Gasteiger partial charge in [0, 0.05) is 9.89 Å². The summed E-state index contributed by atoms with van der Waals surface area (Å²) >= 11 is 3.40. The van der Waals surface area contributed by atoms with Crippen molar-refractivity contribution in [3.63, 3.8) is 0 Å². The van der Waals surface area contributed by atoms with Crippen LogP contribution in [-0.2, 0) is 15.0 Å². The van der Waals surface area contributed by atoms with Crippen LogP contribution in [0.4, 0.5) is 5.69 Å². The van der Waals surface area contributed by atoms with Crippen molar-refractivity contribution in [2.24, 2.45) is 11.8 Å². The largest absolute Gasteiger partial charge is 0.274 e. The van der Waals surface area contributed by atoms with Crippen molar-refractivity contribution in [3.8, 4) is 0 Å². The molecule has 1 saturated heterocycles. The highest BCUT2D eigenvalue weighted by Gasteiger charge is 2.78. The molecule has 4 heteroatoms. The lowest BCUT2D eigenvalue weighted by atomic mass is 9.83. The zero-order valence-corrected chi connectivity index (χ0v) is 16.0. The first-order valence-electron chi connectivity index (χ1n) is 8.90. The zero-order valence-electron chi connectivity index (χ0n) is 14.4. The molecule has 1 aliphatic heterocycles. The molecule has 2 fully saturated rings. The number of nitrogens with zero attached hydrogens (tertiary/aromatic N) is 1. The van der Waals surface area contributed by atoms with E-state index < -0.39 is 5.41 Å². The molecule has 1 heterocycles. The van der Waals surface area contributed by atoms with E-state index in [0.29, 0.717) is 5.69 Å². The van der Waals surface area contributed by atoms with Gasteiger partial charge in [-0.15, -0.1) is 0 Å². The Kier molecular flexibility index (Phi) is 3.59. The second-order valence-electron chi connectivity index (χ2n) is 7.04. The van der Waals surface area contributed by atoms with Crippen LogP contribution in [0.5, 0.6) is 0 Å². The maximum Gasteiger partial charge on any atom is 0.239 e. The molecule has 0 N–H and O–H groups in total. The van der Waals surface area contributed by atoms with E-state index in [4.69, 9.17) is 0 Å². The van der Waals surface area contributed by atoms with Gasteiger partial charge in [0.1, 0.15) is 0 Å². The number of fused-ring (bicyclic) bond motifs is 1. The first-order valence-corrected chi connectivity index (χ1v) is 9.69. The highest BCUT2D eigenvalue weighted by molar-refractivity contribution is 9.10. The minimum atomic E-state index is -0.553. The smallest absolute Gasteiger partial charge is 0.239 e. The summed E-state index contributed by atoms with van der Waals surface area (Å²) in [6.45, 7) is 0. The number of anilines is 1. The molecule has 0 radical (unpaired) electrons. The number of piperidine rings is 1. The Bertz CT molecular complexity index is 967. The molecule has 0 aromatic heterocycles. The topological polar surface area (TPSA) is 37.4 Å². The molecule has 1 saturated carbocycles. The summed E-state index contributed by atoms with van der Waals surface area (Å²) < 4.78 is 0.915. The summed E-state index contributed by atoms with van der Waals surface area (Å²) in [6.07, 6.45) is 0. The van der Waals surface area contributed by atoms with Crippen LogP contribution in [0.2, 0.25) is 0 Å². The van der Waals surface area contributed by atoms with Gasteiger partial charge in [-0.05, 0) is 35.4 Å². The standard InChI is InChI=1S/C23H16BrNO2/c24-17-11-13-18(14-12-17)25-21(26)19-20(22(25)27)23(19,15-7-3-1-4-8-15)16-9-5-2-6-10-16/h1-14,19-20H/t19-,20-/m0/s1. The summed E-state index contributed by atoms with van der Waals surface area (Å²) in [7, 11) is 0. The summed E-state index contributed by atoms with van der Waals surface area (Å²) in [5.74, 6) is -0.919. The van der Waals surface area contributed by atoms with Crippen LogP contribution in [-0.4, -0.2) is 11.8 Å². The van der Waals surface area contributed by atoms with E-state index in [1.807, 2.05) is 72.8 Å². The molecular formula is C23H16BrNO2. The van der Waals surface area contributed by atoms with Gasteiger partial charge < -0.3 is 0 Å². The summed E-state index contributed by atoms with van der Waals surface area (Å²) in [6, 6.07) is 27.2. The molecule has 2 amide bonds. The number of amides is 2. The monoisotopic (exact) mass is 417 g/mol. The molecule has 0 unspecified atom stereocenters. The molecule has 3 aromatic rings. The molecule has 3 aromatic carbocycles. The Morgan fingerprint density at radius 1 is 0.667 bits per heavy atom. The van der Waals surface area contributed by atoms with E-state index in [0.717, 1.165) is 15.6 Å². The van der Waals surface area contributed by atoms with Crippen LogP contribution in [0.15, 0.2) is 89.4 Å². The number of hydrogen-bond acceptors (Lipinski definition) is 2. The van der Waals surface area contributed by atoms with Gasteiger partial charge in [-0.1, -0.05) is 76.6 Å². The number of benzene rings is 3. The Balaban J connectivity index is 1.61. The minimum absolute atomic E-state index is 0.111. The predicted molar refractivity (Wildman–Crippen MR) is 107 cm³/mol. The maximum absolute atomic E-state index is 13.3. The molecule has 0 bridgehead atoms. The van der Waals surface area contributed by atoms with Crippen LogP contribution >= 0.6 is 15.9 Å². The lowest BCUT2D eigenvalue weighted by Crippen LogP contribution is -2.39. The number of carbonyl (C=O) groups excluding carboxylic acids is 2. The van der Waals surface area contributed by atoms with E-state index in [1.54, 1.807) is 12.1 Å². The van der Waals surface area contributed by atoms with Gasteiger partial charge in [-0.2, -0.15) is 0 Å². The quantitative estimate of drug-likeness (QED) is 0.585. The SMILES string of the molecule is O=C1[C@@H]2[C@@H](C(=O)N1c1ccc(Br)cc1)C2(c1ccccc1)c1ccccc1. The van der Waals surface area contributed by atoms with Crippen molar-refractivity contribution >= 4 is 33.4 Å². The van der Waals surface area contributed by atoms with E-state index in [-0.39, 0.29) is 23.7 Å². The maximum atomic E-state index is 13.3. The van der Waals surface area contributed by atoms with Crippen LogP contribution in [0.3, 0.4) is 0 Å². The summed E-state index contributed by atoms with van der Waals surface area (Å²) in [5.41, 5.74) is 2.14. The molecular weight excluding hydrogens is 402 g/mol. The van der Waals surface area contributed by atoms with Crippen LogP contribution in [0.1, 0.15) is 11.1 Å². The van der Waals surface area contributed by atoms with E-state index in [2.05, 4.69) is 15.9 Å². The van der Waals surface area contributed by atoms with Crippen LogP contribution < -0.4 is 4.90 Å². The molecule has 132 valence electrons. The predicted octanol–water partition coefficient (Wildman–Crippen LogP) is 4.55. The highest BCUT2D eigenvalue weighted by Crippen LogP contribution is 2.68. The van der Waals surface area contributed by atoms with Gasteiger partial charge in [-0.3, -0.25) is 9.59 Å². The average Bonchev–Trinajstić information content (AvgIpc) is 3.35.